The molecule has 1 aromatic rings. The van der Waals surface area contributed by atoms with Gasteiger partial charge in [-0.25, -0.2) is 14.3 Å². The number of amides is 3. The van der Waals surface area contributed by atoms with E-state index in [0.717, 1.165) is 24.4 Å². The fraction of sp³-hybridized carbons (Fsp3) is 0.545. The van der Waals surface area contributed by atoms with Crippen LogP contribution in [0, 0.1) is 11.8 Å². The van der Waals surface area contributed by atoms with E-state index >= 15 is 0 Å². The summed E-state index contributed by atoms with van der Waals surface area (Å²) >= 11 is 0. The summed E-state index contributed by atoms with van der Waals surface area (Å²) in [6, 6.07) is 6.95. The van der Waals surface area contributed by atoms with Crippen LogP contribution in [0.4, 0.5) is 10.5 Å². The Morgan fingerprint density at radius 1 is 1.27 bits per heavy atom. The number of hydrogen-bond donors (Lipinski definition) is 0. The fourth-order valence-electron chi connectivity index (χ4n) is 4.35. The van der Waals surface area contributed by atoms with Gasteiger partial charge in [0.05, 0.1) is 20.2 Å². The number of methoxy groups -OCH3 is 1. The lowest BCUT2D eigenvalue weighted by molar-refractivity contribution is -0.545. The third kappa shape index (κ3) is 3.24. The van der Waals surface area contributed by atoms with Gasteiger partial charge in [0, 0.05) is 19.5 Å². The Bertz CT molecular complexity index is 938. The minimum atomic E-state index is -0.560. The van der Waals surface area contributed by atoms with Crippen LogP contribution in [0.25, 0.3) is 0 Å². The van der Waals surface area contributed by atoms with Crippen LogP contribution >= 0.6 is 0 Å². The lowest BCUT2D eigenvalue weighted by Gasteiger charge is -2.35. The number of carbonyl (C=O) groups is 2. The van der Waals surface area contributed by atoms with Crippen molar-refractivity contribution in [3.8, 4) is 5.75 Å². The predicted molar refractivity (Wildman–Crippen MR) is 115 cm³/mol. The van der Waals surface area contributed by atoms with Crippen LogP contribution in [0.1, 0.15) is 27.2 Å². The summed E-state index contributed by atoms with van der Waals surface area (Å²) in [6.45, 7) is 8.25. The lowest BCUT2D eigenvalue weighted by atomic mass is 10.1. The standard InChI is InChI=1S/C22H30N5O3/c1-14(2)10-11-25-20(28)18-19(24(4)22(25)29)23-21-26(12-15(3)13-27(18)21)16-8-6-7-9-17(16)30-5/h6-9,14-15,18H,10-13H2,1-5H3/q+1. The first kappa shape index (κ1) is 20.4. The van der Waals surface area contributed by atoms with Crippen LogP contribution in [0.3, 0.4) is 0 Å². The maximum atomic E-state index is 13.4. The number of anilines is 1. The van der Waals surface area contributed by atoms with Crippen LogP contribution < -0.4 is 9.64 Å². The molecule has 0 saturated carbocycles. The van der Waals surface area contributed by atoms with Crippen LogP contribution in [0.5, 0.6) is 5.75 Å². The maximum Gasteiger partial charge on any atom is 0.397 e. The van der Waals surface area contributed by atoms with Gasteiger partial charge in [0.2, 0.25) is 11.9 Å². The van der Waals surface area contributed by atoms with Gasteiger partial charge < -0.3 is 4.74 Å². The van der Waals surface area contributed by atoms with E-state index in [9.17, 15) is 9.59 Å². The normalized spacial score (nSPS) is 23.8. The summed E-state index contributed by atoms with van der Waals surface area (Å²) in [4.78, 5) is 36.1. The molecule has 3 heterocycles. The minimum Gasteiger partial charge on any atom is -0.493 e. The summed E-state index contributed by atoms with van der Waals surface area (Å²) in [7, 11) is 3.36. The van der Waals surface area contributed by atoms with Gasteiger partial charge in [-0.2, -0.15) is 0 Å². The van der Waals surface area contributed by atoms with Crippen molar-refractivity contribution in [1.29, 1.82) is 0 Å². The van der Waals surface area contributed by atoms with Crippen LogP contribution in [0.15, 0.2) is 29.3 Å². The largest absolute Gasteiger partial charge is 0.493 e. The molecule has 4 rings (SSSR count). The van der Waals surface area contributed by atoms with Crippen molar-refractivity contribution in [2.24, 2.45) is 16.8 Å². The smallest absolute Gasteiger partial charge is 0.397 e. The molecule has 1 saturated heterocycles. The average Bonchev–Trinajstić information content (AvgIpc) is 3.11. The van der Waals surface area contributed by atoms with Gasteiger partial charge in [0.15, 0.2) is 5.75 Å². The number of urea groups is 1. The number of nitrogens with zero attached hydrogens (tertiary/aromatic N) is 5. The molecule has 0 spiro atoms. The van der Waals surface area contributed by atoms with Gasteiger partial charge in [0.25, 0.3) is 5.91 Å². The molecule has 30 heavy (non-hydrogen) atoms. The Labute approximate surface area is 177 Å². The zero-order valence-corrected chi connectivity index (χ0v) is 18.3. The van der Waals surface area contributed by atoms with E-state index in [1.807, 2.05) is 28.8 Å². The van der Waals surface area contributed by atoms with Gasteiger partial charge >= 0.3 is 12.0 Å². The molecule has 160 valence electrons. The Morgan fingerprint density at radius 2 is 2.00 bits per heavy atom. The first-order valence-electron chi connectivity index (χ1n) is 10.5. The van der Waals surface area contributed by atoms with Crippen LogP contribution in [0.2, 0.25) is 0 Å². The van der Waals surface area contributed by atoms with Crippen LogP contribution in [-0.4, -0.2) is 77.9 Å². The third-order valence-electron chi connectivity index (χ3n) is 5.94. The Morgan fingerprint density at radius 3 is 2.70 bits per heavy atom. The van der Waals surface area contributed by atoms with E-state index in [4.69, 9.17) is 9.73 Å². The number of imide groups is 1. The van der Waals surface area contributed by atoms with E-state index in [1.165, 1.54) is 9.80 Å². The summed E-state index contributed by atoms with van der Waals surface area (Å²) in [6.07, 6.45) is 0.783. The molecule has 2 atom stereocenters. The van der Waals surface area contributed by atoms with Crippen molar-refractivity contribution in [3.05, 3.63) is 24.3 Å². The molecule has 0 radical (unpaired) electrons. The van der Waals surface area contributed by atoms with E-state index in [-0.39, 0.29) is 11.9 Å². The number of amidine groups is 1. The molecule has 1 aromatic carbocycles. The average molecular weight is 413 g/mol. The molecule has 8 nitrogen and oxygen atoms in total. The minimum absolute atomic E-state index is 0.179. The molecular formula is C22H30N5O3+. The molecule has 0 aromatic heterocycles. The number of carbonyl (C=O) groups excluding carboxylic acids is 2. The Hall–Kier alpha value is -2.90. The van der Waals surface area contributed by atoms with E-state index in [1.54, 1.807) is 14.2 Å². The highest BCUT2D eigenvalue weighted by molar-refractivity contribution is 6.24. The maximum absolute atomic E-state index is 13.4. The number of benzene rings is 1. The number of para-hydroxylation sites is 2. The second-order valence-corrected chi connectivity index (χ2v) is 8.73. The molecule has 3 aliphatic heterocycles. The van der Waals surface area contributed by atoms with Crippen molar-refractivity contribution in [1.82, 2.24) is 9.80 Å². The lowest BCUT2D eigenvalue weighted by Crippen LogP contribution is -2.63. The predicted octanol–water partition coefficient (Wildman–Crippen LogP) is 2.24. The number of guanidine groups is 1. The number of ether oxygens (including phenoxy) is 1. The highest BCUT2D eigenvalue weighted by atomic mass is 16.5. The monoisotopic (exact) mass is 412 g/mol. The molecular weight excluding hydrogens is 382 g/mol. The summed E-state index contributed by atoms with van der Waals surface area (Å²) in [5.74, 6) is 2.51. The molecule has 0 aliphatic carbocycles. The zero-order valence-electron chi connectivity index (χ0n) is 18.3. The topological polar surface area (TPSA) is 68.5 Å². The van der Waals surface area contributed by atoms with Crippen molar-refractivity contribution in [3.63, 3.8) is 0 Å². The summed E-state index contributed by atoms with van der Waals surface area (Å²) in [5.41, 5.74) is 0.910. The number of rotatable bonds is 5. The number of fused-ring (bicyclic) bond motifs is 2. The molecule has 3 aliphatic rings. The van der Waals surface area contributed by atoms with Gasteiger partial charge in [-0.1, -0.05) is 37.9 Å². The zero-order chi connectivity index (χ0) is 21.6. The van der Waals surface area contributed by atoms with Gasteiger partial charge in [-0.3, -0.25) is 14.6 Å². The van der Waals surface area contributed by atoms with Crippen molar-refractivity contribution >= 4 is 29.4 Å². The second kappa shape index (κ2) is 7.74. The molecule has 3 amide bonds. The van der Waals surface area contributed by atoms with E-state index < -0.39 is 6.04 Å². The van der Waals surface area contributed by atoms with Crippen LogP contribution in [-0.2, 0) is 4.79 Å². The van der Waals surface area contributed by atoms with Crippen molar-refractivity contribution in [2.75, 3.05) is 38.7 Å². The fourth-order valence-corrected chi connectivity index (χ4v) is 4.35. The highest BCUT2D eigenvalue weighted by Gasteiger charge is 2.55. The molecule has 2 unspecified atom stereocenters. The Balaban J connectivity index is 1.75. The third-order valence-corrected chi connectivity index (χ3v) is 5.94. The molecule has 0 bridgehead atoms. The first-order valence-corrected chi connectivity index (χ1v) is 10.5. The molecule has 0 N–H and O–H groups in total. The van der Waals surface area contributed by atoms with E-state index in [2.05, 4.69) is 25.7 Å². The van der Waals surface area contributed by atoms with Gasteiger partial charge in [-0.05, 0) is 24.5 Å². The SMILES string of the molecule is COc1ccccc1N1CC(C)C[N+]2=C1N=C1C2C(=O)N(CCC(C)C)C(=O)N1C. The van der Waals surface area contributed by atoms with Gasteiger partial charge in [0.1, 0.15) is 5.69 Å². The highest BCUT2D eigenvalue weighted by Crippen LogP contribution is 2.33. The number of likely N-dealkylation sites (N-methyl/N-ethyl adjacent to an activating group) is 1. The summed E-state index contributed by atoms with van der Waals surface area (Å²) < 4.78 is 7.62. The van der Waals surface area contributed by atoms with Crippen molar-refractivity contribution < 1.29 is 18.9 Å². The van der Waals surface area contributed by atoms with E-state index in [0.29, 0.717) is 36.7 Å². The van der Waals surface area contributed by atoms with Crippen molar-refractivity contribution in [2.45, 2.75) is 33.2 Å². The second-order valence-electron chi connectivity index (χ2n) is 8.73. The molecule has 1 fully saturated rings. The quantitative estimate of drug-likeness (QED) is 0.696. The van der Waals surface area contributed by atoms with Gasteiger partial charge in [-0.15, -0.1) is 0 Å². The molecule has 8 heteroatoms. The Kier molecular flexibility index (Phi) is 5.26. The summed E-state index contributed by atoms with van der Waals surface area (Å²) in [5, 5.41) is 0. The number of hydrogen-bond acceptors (Lipinski definition) is 5. The number of aliphatic imine (C=N–C) groups is 1. The first-order chi connectivity index (χ1) is 14.3.